The Kier molecular flexibility index (Phi) is 17.0. The van der Waals surface area contributed by atoms with Crippen LogP contribution >= 0.6 is 11.3 Å². The maximum atomic E-state index is 14.0. The summed E-state index contributed by atoms with van der Waals surface area (Å²) < 4.78 is 37.2. The molecule has 0 saturated carbocycles. The zero-order valence-electron chi connectivity index (χ0n) is 17.3. The average molecular weight is 481 g/mol. The van der Waals surface area contributed by atoms with Crippen LogP contribution in [0.15, 0.2) is 17.5 Å². The Balaban J connectivity index is 0.00000135. The number of amides is 1. The molecule has 31 heavy (non-hydrogen) atoms. The molecule has 1 aromatic heterocycles. The second-order valence-electron chi connectivity index (χ2n) is 5.66. The Morgan fingerprint density at radius 1 is 1.23 bits per heavy atom. The monoisotopic (exact) mass is 480 g/mol. The van der Waals surface area contributed by atoms with Gasteiger partial charge in [-0.15, -0.1) is 5.38 Å². The molecule has 1 amide bonds. The van der Waals surface area contributed by atoms with Gasteiger partial charge in [0, 0.05) is 13.0 Å². The fraction of sp³-hybridized carbons (Fsp3) is 0.350. The van der Waals surface area contributed by atoms with Crippen molar-refractivity contribution in [3.05, 3.63) is 48.5 Å². The van der Waals surface area contributed by atoms with E-state index in [1.54, 1.807) is 5.38 Å². The number of unbranched alkanes of at least 4 members (excludes halogenated alkanes) is 1. The molecule has 0 unspecified atom stereocenters. The van der Waals surface area contributed by atoms with E-state index in [2.05, 4.69) is 34.4 Å². The molecular formula is C20H23F2KN2O5S-2. The summed E-state index contributed by atoms with van der Waals surface area (Å²) in [7, 11) is 0. The van der Waals surface area contributed by atoms with Crippen LogP contribution in [-0.2, 0) is 14.3 Å². The number of nitrogens with one attached hydrogen (secondary N) is 1. The molecule has 0 aliphatic carbocycles. The van der Waals surface area contributed by atoms with Gasteiger partial charge in [0.15, 0.2) is 24.0 Å². The number of nitrogens with zero attached hydrogens (tertiary/aromatic N) is 1. The molecule has 7 nitrogen and oxygen atoms in total. The molecule has 1 heterocycles. The van der Waals surface area contributed by atoms with Crippen LogP contribution in [0.25, 0.3) is 11.3 Å². The molecule has 1 aromatic carbocycles. The standard InChI is InChI=1S/C16H15F2N2O4S.C4H8O.K/c17-11-5-4-10(12-8-25-9-20-12)16(15(11)18)24-7-13(21)19-6-2-1-3-14(22)23;1-3-5-4-2;/h4-5,8H,1-3,6-7H2,(H,19,21)(H,22,23);1-4H2;/q-1;-2;+1. The van der Waals surface area contributed by atoms with Crippen LogP contribution in [0.3, 0.4) is 0 Å². The maximum absolute atomic E-state index is 14.0. The minimum Gasteiger partial charge on any atom is -0.481 e. The summed E-state index contributed by atoms with van der Waals surface area (Å²) in [6.45, 7) is 7.66. The van der Waals surface area contributed by atoms with Crippen molar-refractivity contribution in [2.24, 2.45) is 0 Å². The minimum absolute atomic E-state index is 0. The van der Waals surface area contributed by atoms with E-state index in [4.69, 9.17) is 9.84 Å². The van der Waals surface area contributed by atoms with Crippen molar-refractivity contribution in [2.45, 2.75) is 19.3 Å². The van der Waals surface area contributed by atoms with E-state index in [0.717, 1.165) is 6.07 Å². The van der Waals surface area contributed by atoms with Crippen LogP contribution in [0.1, 0.15) is 19.3 Å². The van der Waals surface area contributed by atoms with Crippen molar-refractivity contribution in [3.8, 4) is 17.0 Å². The molecule has 0 radical (unpaired) electrons. The molecule has 0 fully saturated rings. The van der Waals surface area contributed by atoms with Gasteiger partial charge in [-0.05, 0) is 30.0 Å². The third-order valence-corrected chi connectivity index (χ3v) is 4.03. The zero-order chi connectivity index (χ0) is 22.4. The number of hydrogen-bond acceptors (Lipinski definition) is 6. The Morgan fingerprint density at radius 3 is 2.48 bits per heavy atom. The van der Waals surface area contributed by atoms with Gasteiger partial charge in [0.1, 0.15) is 0 Å². The predicted molar refractivity (Wildman–Crippen MR) is 108 cm³/mol. The summed E-state index contributed by atoms with van der Waals surface area (Å²) in [5, 5.41) is 12.6. The van der Waals surface area contributed by atoms with E-state index in [0.29, 0.717) is 31.7 Å². The second kappa shape index (κ2) is 17.6. The van der Waals surface area contributed by atoms with E-state index in [9.17, 15) is 18.4 Å². The summed E-state index contributed by atoms with van der Waals surface area (Å²) in [4.78, 5) is 26.0. The molecule has 0 bridgehead atoms. The number of carbonyl (C=O) groups is 2. The van der Waals surface area contributed by atoms with Gasteiger partial charge in [-0.1, -0.05) is 25.0 Å². The number of rotatable bonds is 11. The molecular weight excluding hydrogens is 457 g/mol. The second-order valence-corrected chi connectivity index (χ2v) is 6.32. The molecule has 166 valence electrons. The van der Waals surface area contributed by atoms with Crippen molar-refractivity contribution < 1.29 is 84.3 Å². The van der Waals surface area contributed by atoms with Gasteiger partial charge >= 0.3 is 57.4 Å². The van der Waals surface area contributed by atoms with Gasteiger partial charge in [-0.2, -0.15) is 4.39 Å². The van der Waals surface area contributed by atoms with Crippen molar-refractivity contribution in [1.29, 1.82) is 0 Å². The Labute approximate surface area is 227 Å². The van der Waals surface area contributed by atoms with E-state index in [1.165, 1.54) is 17.4 Å². The number of halogens is 2. The first-order valence-corrected chi connectivity index (χ1v) is 9.86. The number of hydrogen-bond donors (Lipinski definition) is 2. The first-order valence-electron chi connectivity index (χ1n) is 8.98. The van der Waals surface area contributed by atoms with Crippen molar-refractivity contribution in [3.63, 3.8) is 0 Å². The van der Waals surface area contributed by atoms with Crippen LogP contribution in [-0.4, -0.2) is 48.3 Å². The van der Waals surface area contributed by atoms with Gasteiger partial charge in [0.05, 0.1) is 0 Å². The van der Waals surface area contributed by atoms with Crippen LogP contribution < -0.4 is 61.4 Å². The van der Waals surface area contributed by atoms with Gasteiger partial charge < -0.3 is 38.7 Å². The molecule has 2 aromatic rings. The average Bonchev–Trinajstić information content (AvgIpc) is 3.24. The zero-order valence-corrected chi connectivity index (χ0v) is 21.2. The van der Waals surface area contributed by atoms with E-state index < -0.39 is 30.1 Å². The summed E-state index contributed by atoms with van der Waals surface area (Å²) in [6.07, 6.45) is 0.945. The van der Waals surface area contributed by atoms with Gasteiger partial charge in [0.25, 0.3) is 5.91 Å². The van der Waals surface area contributed by atoms with Crippen LogP contribution in [0.5, 0.6) is 5.75 Å². The van der Waals surface area contributed by atoms with Gasteiger partial charge in [-0.3, -0.25) is 20.9 Å². The third kappa shape index (κ3) is 12.0. The van der Waals surface area contributed by atoms with E-state index in [1.807, 2.05) is 0 Å². The summed E-state index contributed by atoms with van der Waals surface area (Å²) >= 11 is 1.17. The normalized spacial score (nSPS) is 9.81. The molecule has 2 N–H and O–H groups in total. The molecule has 0 atom stereocenters. The SMILES string of the molecule is O=C(O)CCCCNC(=O)COc1c(-c2cs[c-]n2)ccc(F)c1F.[CH2-]COC[CH2-].[K+]. The van der Waals surface area contributed by atoms with Crippen LogP contribution in [0.2, 0.25) is 0 Å². The number of aliphatic carboxylic acids is 1. The first-order chi connectivity index (χ1) is 14.4. The Bertz CT molecular complexity index is 792. The van der Waals surface area contributed by atoms with E-state index in [-0.39, 0.29) is 75.7 Å². The molecule has 0 saturated heterocycles. The molecule has 0 aliphatic heterocycles. The van der Waals surface area contributed by atoms with Crippen LogP contribution in [0, 0.1) is 31.0 Å². The van der Waals surface area contributed by atoms with Crippen LogP contribution in [0.4, 0.5) is 8.78 Å². The fourth-order valence-electron chi connectivity index (χ4n) is 2.10. The number of benzene rings is 1. The van der Waals surface area contributed by atoms with Gasteiger partial charge in [-0.25, -0.2) is 4.39 Å². The number of ether oxygens (including phenoxy) is 2. The number of aromatic nitrogens is 1. The van der Waals surface area contributed by atoms with E-state index >= 15 is 0 Å². The largest absolute Gasteiger partial charge is 1.00 e. The summed E-state index contributed by atoms with van der Waals surface area (Å²) in [5.41, 5.74) is 3.20. The molecule has 0 spiro atoms. The molecule has 0 aliphatic rings. The maximum Gasteiger partial charge on any atom is 1.00 e. The van der Waals surface area contributed by atoms with Gasteiger partial charge in [0.2, 0.25) is 0 Å². The number of carboxylic acid groups (broad SMARTS) is 1. The first kappa shape index (κ1) is 30.0. The fourth-order valence-corrected chi connectivity index (χ4v) is 2.60. The van der Waals surface area contributed by atoms with Crippen molar-refractivity contribution in [2.75, 3.05) is 26.4 Å². The summed E-state index contributed by atoms with van der Waals surface area (Å²) in [6, 6.07) is 2.28. The molecule has 2 rings (SSSR count). The summed E-state index contributed by atoms with van der Waals surface area (Å²) in [5.74, 6) is -4.09. The van der Waals surface area contributed by atoms with Crippen molar-refractivity contribution >= 4 is 23.2 Å². The third-order valence-electron chi connectivity index (χ3n) is 3.49. The van der Waals surface area contributed by atoms with Crippen molar-refractivity contribution in [1.82, 2.24) is 10.3 Å². The quantitative estimate of drug-likeness (QED) is 0.273. The molecule has 11 heteroatoms. The topological polar surface area (TPSA) is 97.8 Å². The number of thiazole rings is 1. The Morgan fingerprint density at radius 2 is 1.94 bits per heavy atom. The number of carbonyl (C=O) groups excluding carboxylic acids is 1. The predicted octanol–water partition coefficient (Wildman–Crippen LogP) is 0.314. The Hall–Kier alpha value is -0.954. The minimum atomic E-state index is -1.19. The number of carboxylic acids is 1. The smallest absolute Gasteiger partial charge is 0.481 e.